The van der Waals surface area contributed by atoms with Gasteiger partial charge in [0.1, 0.15) is 17.4 Å². The molecule has 2 aromatic carbocycles. The summed E-state index contributed by atoms with van der Waals surface area (Å²) in [6, 6.07) is 14.5. The first-order valence-electron chi connectivity index (χ1n) is 7.08. The Morgan fingerprint density at radius 1 is 1.25 bits per heavy atom. The van der Waals surface area contributed by atoms with Crippen LogP contribution in [0.5, 0.6) is 5.75 Å². The van der Waals surface area contributed by atoms with Gasteiger partial charge in [0.2, 0.25) is 0 Å². The molecule has 24 heavy (non-hydrogen) atoms. The molecular weight excluding hydrogens is 436 g/mol. The predicted octanol–water partition coefficient (Wildman–Crippen LogP) is 4.70. The van der Waals surface area contributed by atoms with Gasteiger partial charge in [-0.3, -0.25) is 4.79 Å². The van der Waals surface area contributed by atoms with Crippen molar-refractivity contribution in [2.45, 2.75) is 13.0 Å². The number of hydrogen-bond donors (Lipinski definition) is 2. The highest BCUT2D eigenvalue weighted by atomic mass is 79.9. The Hall–Kier alpha value is -2.10. The van der Waals surface area contributed by atoms with Crippen molar-refractivity contribution in [2.24, 2.45) is 0 Å². The number of aromatic hydroxyl groups is 1. The van der Waals surface area contributed by atoms with Gasteiger partial charge < -0.3 is 10.4 Å². The standard InChI is InChI=1S/C18H14Br2N2O2/c1-11(13-5-3-2-4-6-13)22-18(24)14(10-21)7-12-8-15(19)17(23)16(20)9-12/h2-9,11,23H,1H3,(H,22,24). The highest BCUT2D eigenvalue weighted by Gasteiger charge is 2.14. The number of carbonyl (C=O) groups excluding carboxylic acids is 1. The molecule has 0 heterocycles. The summed E-state index contributed by atoms with van der Waals surface area (Å²) in [5.41, 5.74) is 1.56. The number of nitrogens with one attached hydrogen (secondary N) is 1. The van der Waals surface area contributed by atoms with E-state index >= 15 is 0 Å². The lowest BCUT2D eigenvalue weighted by Gasteiger charge is -2.13. The second kappa shape index (κ2) is 8.13. The van der Waals surface area contributed by atoms with Crippen LogP contribution in [0.25, 0.3) is 6.08 Å². The van der Waals surface area contributed by atoms with Gasteiger partial charge in [0.15, 0.2) is 0 Å². The zero-order valence-electron chi connectivity index (χ0n) is 12.8. The highest BCUT2D eigenvalue weighted by Crippen LogP contribution is 2.34. The number of benzene rings is 2. The molecule has 0 radical (unpaired) electrons. The number of nitrogens with zero attached hydrogens (tertiary/aromatic N) is 1. The van der Waals surface area contributed by atoms with Crippen LogP contribution in [0.3, 0.4) is 0 Å². The fourth-order valence-corrected chi connectivity index (χ4v) is 3.31. The van der Waals surface area contributed by atoms with Crippen molar-refractivity contribution in [1.82, 2.24) is 5.32 Å². The lowest BCUT2D eigenvalue weighted by molar-refractivity contribution is -0.117. The van der Waals surface area contributed by atoms with E-state index in [0.29, 0.717) is 14.5 Å². The molecule has 0 saturated carbocycles. The summed E-state index contributed by atoms with van der Waals surface area (Å²) in [4.78, 5) is 12.3. The summed E-state index contributed by atoms with van der Waals surface area (Å²) in [5.74, 6) is -0.387. The van der Waals surface area contributed by atoms with Crippen LogP contribution in [0.15, 0.2) is 57.0 Å². The molecule has 0 aromatic heterocycles. The molecule has 2 N–H and O–H groups in total. The monoisotopic (exact) mass is 448 g/mol. The summed E-state index contributed by atoms with van der Waals surface area (Å²) in [7, 11) is 0. The maximum Gasteiger partial charge on any atom is 0.262 e. The van der Waals surface area contributed by atoms with E-state index < -0.39 is 5.91 Å². The molecule has 0 bridgehead atoms. The predicted molar refractivity (Wildman–Crippen MR) is 100 cm³/mol. The van der Waals surface area contributed by atoms with Gasteiger partial charge in [-0.15, -0.1) is 0 Å². The Bertz CT molecular complexity index is 804. The molecule has 0 aliphatic carbocycles. The van der Waals surface area contributed by atoms with Gasteiger partial charge in [-0.25, -0.2) is 0 Å². The second-order valence-corrected chi connectivity index (χ2v) is 6.82. The molecular formula is C18H14Br2N2O2. The summed E-state index contributed by atoms with van der Waals surface area (Å²) >= 11 is 6.45. The van der Waals surface area contributed by atoms with E-state index in [2.05, 4.69) is 37.2 Å². The van der Waals surface area contributed by atoms with Crippen molar-refractivity contribution in [3.05, 3.63) is 68.1 Å². The number of nitriles is 1. The largest absolute Gasteiger partial charge is 0.506 e. The Morgan fingerprint density at radius 3 is 2.38 bits per heavy atom. The third-order valence-electron chi connectivity index (χ3n) is 3.36. The number of phenols is 1. The van der Waals surface area contributed by atoms with Crippen LogP contribution in [0.4, 0.5) is 0 Å². The quantitative estimate of drug-likeness (QED) is 0.524. The number of rotatable bonds is 4. The van der Waals surface area contributed by atoms with E-state index in [0.717, 1.165) is 5.56 Å². The minimum absolute atomic E-state index is 0.0118. The fourth-order valence-electron chi connectivity index (χ4n) is 2.08. The zero-order valence-corrected chi connectivity index (χ0v) is 15.9. The van der Waals surface area contributed by atoms with E-state index in [1.165, 1.54) is 6.08 Å². The van der Waals surface area contributed by atoms with Crippen LogP contribution in [0.2, 0.25) is 0 Å². The summed E-state index contributed by atoms with van der Waals surface area (Å²) in [5, 5.41) is 21.8. The number of carbonyl (C=O) groups is 1. The maximum absolute atomic E-state index is 12.3. The van der Waals surface area contributed by atoms with E-state index in [9.17, 15) is 15.2 Å². The Balaban J connectivity index is 2.22. The van der Waals surface area contributed by atoms with Crippen molar-refractivity contribution in [3.8, 4) is 11.8 Å². The molecule has 2 rings (SSSR count). The normalized spacial score (nSPS) is 12.3. The van der Waals surface area contributed by atoms with Crippen LogP contribution in [0.1, 0.15) is 24.1 Å². The first kappa shape index (κ1) is 18.2. The SMILES string of the molecule is CC(NC(=O)C(C#N)=Cc1cc(Br)c(O)c(Br)c1)c1ccccc1. The van der Waals surface area contributed by atoms with Crippen LogP contribution in [-0.4, -0.2) is 11.0 Å². The smallest absolute Gasteiger partial charge is 0.262 e. The van der Waals surface area contributed by atoms with Crippen LogP contribution >= 0.6 is 31.9 Å². The van der Waals surface area contributed by atoms with Gasteiger partial charge in [-0.05, 0) is 68.1 Å². The maximum atomic E-state index is 12.3. The first-order chi connectivity index (χ1) is 11.4. The molecule has 1 atom stereocenters. The molecule has 0 saturated heterocycles. The molecule has 0 aliphatic rings. The Labute approximate surface area is 157 Å². The zero-order chi connectivity index (χ0) is 17.7. The minimum Gasteiger partial charge on any atom is -0.506 e. The van der Waals surface area contributed by atoms with Gasteiger partial charge in [0.25, 0.3) is 5.91 Å². The fraction of sp³-hybridized carbons (Fsp3) is 0.111. The van der Waals surface area contributed by atoms with Gasteiger partial charge >= 0.3 is 0 Å². The average Bonchev–Trinajstić information content (AvgIpc) is 2.58. The van der Waals surface area contributed by atoms with E-state index in [1.54, 1.807) is 12.1 Å². The molecule has 122 valence electrons. The Morgan fingerprint density at radius 2 is 1.83 bits per heavy atom. The van der Waals surface area contributed by atoms with Crippen molar-refractivity contribution < 1.29 is 9.90 Å². The van der Waals surface area contributed by atoms with Gasteiger partial charge in [-0.1, -0.05) is 30.3 Å². The second-order valence-electron chi connectivity index (χ2n) is 5.11. The van der Waals surface area contributed by atoms with Crippen LogP contribution in [-0.2, 0) is 4.79 Å². The van der Waals surface area contributed by atoms with Crippen molar-refractivity contribution in [2.75, 3.05) is 0 Å². The minimum atomic E-state index is -0.450. The lowest BCUT2D eigenvalue weighted by Crippen LogP contribution is -2.27. The first-order valence-corrected chi connectivity index (χ1v) is 8.66. The lowest BCUT2D eigenvalue weighted by atomic mass is 10.1. The number of phenolic OH excluding ortho intramolecular Hbond substituents is 1. The van der Waals surface area contributed by atoms with E-state index in [1.807, 2.05) is 43.3 Å². The summed E-state index contributed by atoms with van der Waals surface area (Å²) in [6.45, 7) is 1.86. The van der Waals surface area contributed by atoms with Crippen molar-refractivity contribution in [1.29, 1.82) is 5.26 Å². The molecule has 4 nitrogen and oxygen atoms in total. The van der Waals surface area contributed by atoms with Crippen LogP contribution < -0.4 is 5.32 Å². The van der Waals surface area contributed by atoms with E-state index in [4.69, 9.17) is 0 Å². The molecule has 0 fully saturated rings. The van der Waals surface area contributed by atoms with Crippen LogP contribution in [0, 0.1) is 11.3 Å². The highest BCUT2D eigenvalue weighted by molar-refractivity contribution is 9.11. The van der Waals surface area contributed by atoms with Crippen molar-refractivity contribution >= 4 is 43.8 Å². The molecule has 1 unspecified atom stereocenters. The molecule has 2 aromatic rings. The van der Waals surface area contributed by atoms with Gasteiger partial charge in [-0.2, -0.15) is 5.26 Å². The summed E-state index contributed by atoms with van der Waals surface area (Å²) in [6.07, 6.45) is 1.47. The number of hydrogen-bond acceptors (Lipinski definition) is 3. The molecule has 6 heteroatoms. The third-order valence-corrected chi connectivity index (χ3v) is 4.57. The summed E-state index contributed by atoms with van der Waals surface area (Å²) < 4.78 is 0.942. The molecule has 0 spiro atoms. The topological polar surface area (TPSA) is 73.1 Å². The molecule has 1 amide bonds. The van der Waals surface area contributed by atoms with Gasteiger partial charge in [0, 0.05) is 0 Å². The number of halogens is 2. The average molecular weight is 450 g/mol. The van der Waals surface area contributed by atoms with Gasteiger partial charge in [0.05, 0.1) is 15.0 Å². The Kier molecular flexibility index (Phi) is 6.18. The van der Waals surface area contributed by atoms with Crippen molar-refractivity contribution in [3.63, 3.8) is 0 Å². The third kappa shape index (κ3) is 4.47. The van der Waals surface area contributed by atoms with E-state index in [-0.39, 0.29) is 17.4 Å². The molecule has 0 aliphatic heterocycles. The number of amides is 1.